The van der Waals surface area contributed by atoms with Crippen molar-refractivity contribution in [3.63, 3.8) is 0 Å². The van der Waals surface area contributed by atoms with E-state index in [9.17, 15) is 4.79 Å². The number of hydrogen-bond donors (Lipinski definition) is 2. The number of benzene rings is 1. The molecule has 2 rings (SSSR count). The zero-order chi connectivity index (χ0) is 12.4. The molecule has 1 saturated carbocycles. The van der Waals surface area contributed by atoms with Crippen LogP contribution in [0.1, 0.15) is 18.4 Å². The van der Waals surface area contributed by atoms with Gasteiger partial charge in [-0.3, -0.25) is 10.1 Å². The second-order valence-electron chi connectivity index (χ2n) is 4.23. The maximum atomic E-state index is 11.0. The van der Waals surface area contributed by atoms with Crippen molar-refractivity contribution in [1.29, 1.82) is 0 Å². The van der Waals surface area contributed by atoms with Gasteiger partial charge in [-0.05, 0) is 30.9 Å². The van der Waals surface area contributed by atoms with Crippen LogP contribution in [0.2, 0.25) is 10.0 Å². The summed E-state index contributed by atoms with van der Waals surface area (Å²) in [7, 11) is 0. The molecule has 1 fully saturated rings. The van der Waals surface area contributed by atoms with Crippen molar-refractivity contribution in [2.45, 2.75) is 25.4 Å². The molecule has 92 valence electrons. The van der Waals surface area contributed by atoms with E-state index < -0.39 is 12.0 Å². The van der Waals surface area contributed by atoms with Gasteiger partial charge >= 0.3 is 5.97 Å². The van der Waals surface area contributed by atoms with Crippen LogP contribution in [0.5, 0.6) is 0 Å². The fourth-order valence-electron chi connectivity index (χ4n) is 1.80. The zero-order valence-corrected chi connectivity index (χ0v) is 10.6. The molecule has 0 aromatic heterocycles. The predicted molar refractivity (Wildman–Crippen MR) is 67.4 cm³/mol. The van der Waals surface area contributed by atoms with Crippen LogP contribution in [0, 0.1) is 5.92 Å². The molecule has 2 N–H and O–H groups in total. The zero-order valence-electron chi connectivity index (χ0n) is 9.12. The van der Waals surface area contributed by atoms with Gasteiger partial charge in [-0.2, -0.15) is 0 Å². The van der Waals surface area contributed by atoms with Gasteiger partial charge in [0.2, 0.25) is 0 Å². The molecular formula is C12H13Cl2NO2. The summed E-state index contributed by atoms with van der Waals surface area (Å²) in [6, 6.07) is 4.76. The maximum Gasteiger partial charge on any atom is 0.320 e. The first-order valence-corrected chi connectivity index (χ1v) is 6.24. The number of halogens is 2. The number of aliphatic carboxylic acids is 1. The molecule has 0 bridgehead atoms. The lowest BCUT2D eigenvalue weighted by molar-refractivity contribution is -0.140. The summed E-state index contributed by atoms with van der Waals surface area (Å²) in [5, 5.41) is 13.2. The number of carbonyl (C=O) groups is 1. The Morgan fingerprint density at radius 2 is 2.00 bits per heavy atom. The Morgan fingerprint density at radius 1 is 1.41 bits per heavy atom. The van der Waals surface area contributed by atoms with Gasteiger partial charge in [-0.1, -0.05) is 29.3 Å². The number of carboxylic acid groups (broad SMARTS) is 1. The standard InChI is InChI=1S/C12H13Cl2NO2/c13-9-2-1-3-10(14)8(9)6-15-11(12(16)17)7-4-5-7/h1-3,7,11,15H,4-6H2,(H,16,17). The van der Waals surface area contributed by atoms with Crippen LogP contribution in [-0.4, -0.2) is 17.1 Å². The molecule has 0 amide bonds. The van der Waals surface area contributed by atoms with Gasteiger partial charge in [0.1, 0.15) is 6.04 Å². The van der Waals surface area contributed by atoms with Crippen molar-refractivity contribution in [2.24, 2.45) is 5.92 Å². The van der Waals surface area contributed by atoms with Crippen molar-refractivity contribution in [3.05, 3.63) is 33.8 Å². The monoisotopic (exact) mass is 273 g/mol. The molecule has 1 aliphatic carbocycles. The second-order valence-corrected chi connectivity index (χ2v) is 5.05. The van der Waals surface area contributed by atoms with Gasteiger partial charge in [0.25, 0.3) is 0 Å². The molecule has 1 aliphatic rings. The SMILES string of the molecule is O=C(O)C(NCc1c(Cl)cccc1Cl)C1CC1. The van der Waals surface area contributed by atoms with E-state index >= 15 is 0 Å². The Bertz CT molecular complexity index is 412. The first-order valence-electron chi connectivity index (χ1n) is 5.48. The Kier molecular flexibility index (Phi) is 3.92. The third kappa shape index (κ3) is 3.12. The first kappa shape index (κ1) is 12.7. The molecule has 5 heteroatoms. The quantitative estimate of drug-likeness (QED) is 0.867. The summed E-state index contributed by atoms with van der Waals surface area (Å²) >= 11 is 12.0. The van der Waals surface area contributed by atoms with E-state index in [1.165, 1.54) is 0 Å². The van der Waals surface area contributed by atoms with Gasteiger partial charge in [-0.25, -0.2) is 0 Å². The van der Waals surface area contributed by atoms with Crippen molar-refractivity contribution in [2.75, 3.05) is 0 Å². The van der Waals surface area contributed by atoms with Gasteiger partial charge in [-0.15, -0.1) is 0 Å². The van der Waals surface area contributed by atoms with Crippen molar-refractivity contribution in [1.82, 2.24) is 5.32 Å². The fourth-order valence-corrected chi connectivity index (χ4v) is 2.33. The highest BCUT2D eigenvalue weighted by Crippen LogP contribution is 2.33. The Morgan fingerprint density at radius 3 is 2.47 bits per heavy atom. The Labute approximate surface area is 110 Å². The van der Waals surface area contributed by atoms with E-state index in [-0.39, 0.29) is 5.92 Å². The summed E-state index contributed by atoms with van der Waals surface area (Å²) in [6.45, 7) is 0.381. The highest BCUT2D eigenvalue weighted by Gasteiger charge is 2.35. The van der Waals surface area contributed by atoms with E-state index in [2.05, 4.69) is 5.32 Å². The molecular weight excluding hydrogens is 261 g/mol. The topological polar surface area (TPSA) is 49.3 Å². The molecule has 17 heavy (non-hydrogen) atoms. The first-order chi connectivity index (χ1) is 8.09. The molecule has 1 aromatic rings. The van der Waals surface area contributed by atoms with Crippen molar-refractivity contribution < 1.29 is 9.90 Å². The van der Waals surface area contributed by atoms with Crippen LogP contribution in [-0.2, 0) is 11.3 Å². The maximum absolute atomic E-state index is 11.0. The summed E-state index contributed by atoms with van der Waals surface area (Å²) in [5.41, 5.74) is 0.753. The molecule has 1 aromatic carbocycles. The lowest BCUT2D eigenvalue weighted by Gasteiger charge is -2.14. The van der Waals surface area contributed by atoms with E-state index in [1.54, 1.807) is 18.2 Å². The molecule has 0 aliphatic heterocycles. The van der Waals surface area contributed by atoms with Crippen LogP contribution in [0.15, 0.2) is 18.2 Å². The lowest BCUT2D eigenvalue weighted by atomic mass is 10.1. The summed E-state index contributed by atoms with van der Waals surface area (Å²) in [4.78, 5) is 11.0. The highest BCUT2D eigenvalue weighted by atomic mass is 35.5. The minimum Gasteiger partial charge on any atom is -0.480 e. The van der Waals surface area contributed by atoms with Crippen molar-refractivity contribution >= 4 is 29.2 Å². The third-order valence-corrected chi connectivity index (χ3v) is 3.63. The van der Waals surface area contributed by atoms with Gasteiger partial charge in [0.05, 0.1) is 0 Å². The number of hydrogen-bond acceptors (Lipinski definition) is 2. The lowest BCUT2D eigenvalue weighted by Crippen LogP contribution is -2.38. The summed E-state index contributed by atoms with van der Waals surface area (Å²) in [5.74, 6) is -0.565. The number of carboxylic acids is 1. The van der Waals surface area contributed by atoms with Gasteiger partial charge in [0.15, 0.2) is 0 Å². The van der Waals surface area contributed by atoms with Crippen LogP contribution in [0.25, 0.3) is 0 Å². The third-order valence-electron chi connectivity index (χ3n) is 2.92. The molecule has 0 saturated heterocycles. The van der Waals surface area contributed by atoms with E-state index in [4.69, 9.17) is 28.3 Å². The molecule has 0 radical (unpaired) electrons. The van der Waals surface area contributed by atoms with E-state index in [0.29, 0.717) is 16.6 Å². The Hall–Kier alpha value is -0.770. The van der Waals surface area contributed by atoms with Crippen LogP contribution >= 0.6 is 23.2 Å². The summed E-state index contributed by atoms with van der Waals surface area (Å²) < 4.78 is 0. The minimum atomic E-state index is -0.810. The molecule has 0 spiro atoms. The fraction of sp³-hybridized carbons (Fsp3) is 0.417. The smallest absolute Gasteiger partial charge is 0.320 e. The molecule has 1 atom stereocenters. The average molecular weight is 274 g/mol. The number of nitrogens with one attached hydrogen (secondary N) is 1. The molecule has 1 unspecified atom stereocenters. The highest BCUT2D eigenvalue weighted by molar-refractivity contribution is 6.35. The van der Waals surface area contributed by atoms with Crippen molar-refractivity contribution in [3.8, 4) is 0 Å². The number of rotatable bonds is 5. The van der Waals surface area contributed by atoms with Gasteiger partial charge < -0.3 is 5.11 Å². The molecule has 0 heterocycles. The molecule has 3 nitrogen and oxygen atoms in total. The van der Waals surface area contributed by atoms with E-state index in [0.717, 1.165) is 18.4 Å². The predicted octanol–water partition coefficient (Wildman–Crippen LogP) is 2.95. The largest absolute Gasteiger partial charge is 0.480 e. The van der Waals surface area contributed by atoms with Crippen LogP contribution < -0.4 is 5.32 Å². The normalized spacial score (nSPS) is 16.8. The second kappa shape index (κ2) is 5.25. The van der Waals surface area contributed by atoms with Gasteiger partial charge in [0, 0.05) is 22.2 Å². The minimum absolute atomic E-state index is 0.244. The average Bonchev–Trinajstić information content (AvgIpc) is 3.06. The van der Waals surface area contributed by atoms with E-state index in [1.807, 2.05) is 0 Å². The summed E-state index contributed by atoms with van der Waals surface area (Å²) in [6.07, 6.45) is 1.94. The Balaban J connectivity index is 2.03. The van der Waals surface area contributed by atoms with Crippen LogP contribution in [0.4, 0.5) is 0 Å². The van der Waals surface area contributed by atoms with Crippen LogP contribution in [0.3, 0.4) is 0 Å².